The minimum Gasteiger partial charge on any atom is -0.350 e. The number of carbonyl (C=O) groups excluding carboxylic acids is 1. The summed E-state index contributed by atoms with van der Waals surface area (Å²) in [5.74, 6) is 1.83. The quantitative estimate of drug-likeness (QED) is 0.514. The molecule has 3 aliphatic heterocycles. The number of anilines is 3. The molecular formula is C32H44N8O. The van der Waals surface area contributed by atoms with Crippen LogP contribution >= 0.6 is 0 Å². The molecule has 9 nitrogen and oxygen atoms in total. The Hall–Kier alpha value is -3.38. The Morgan fingerprint density at radius 1 is 0.902 bits per heavy atom. The van der Waals surface area contributed by atoms with Crippen LogP contribution in [0.2, 0.25) is 0 Å². The van der Waals surface area contributed by atoms with Crippen molar-refractivity contribution in [2.75, 3.05) is 50.0 Å². The molecule has 0 unspecified atom stereocenters. The molecule has 218 valence electrons. The molecule has 2 aromatic rings. The van der Waals surface area contributed by atoms with E-state index in [-0.39, 0.29) is 23.8 Å². The molecule has 1 aromatic heterocycles. The second-order valence-electron chi connectivity index (χ2n) is 12.4. The lowest BCUT2D eigenvalue weighted by atomic mass is 9.88. The SMILES string of the molecule is C[C@@H]1[C@H](N2CCCN(C)C2=O)CCCN1c1cnc(C#N)c(Nc2ccc(C3CCN(C4CCCC4)CC3)cc2)n1. The Balaban J connectivity index is 1.13. The fourth-order valence-corrected chi connectivity index (χ4v) is 7.59. The van der Waals surface area contributed by atoms with Crippen LogP contribution in [0.4, 0.5) is 22.1 Å². The number of likely N-dealkylation sites (tertiary alicyclic amines) is 1. The molecule has 1 aliphatic carbocycles. The lowest BCUT2D eigenvalue weighted by molar-refractivity contribution is 0.101. The maximum atomic E-state index is 12.9. The number of nitrogens with zero attached hydrogens (tertiary/aromatic N) is 7. The van der Waals surface area contributed by atoms with Gasteiger partial charge in [-0.3, -0.25) is 0 Å². The number of benzene rings is 1. The van der Waals surface area contributed by atoms with Gasteiger partial charge in [-0.05, 0) is 88.6 Å². The van der Waals surface area contributed by atoms with E-state index in [9.17, 15) is 10.1 Å². The summed E-state index contributed by atoms with van der Waals surface area (Å²) in [6.45, 7) is 7.06. The van der Waals surface area contributed by atoms with Gasteiger partial charge in [-0.1, -0.05) is 25.0 Å². The monoisotopic (exact) mass is 556 g/mol. The maximum Gasteiger partial charge on any atom is 0.320 e. The Bertz CT molecular complexity index is 1250. The molecule has 4 fully saturated rings. The van der Waals surface area contributed by atoms with Crippen molar-refractivity contribution in [3.8, 4) is 6.07 Å². The summed E-state index contributed by atoms with van der Waals surface area (Å²) in [5, 5.41) is 13.1. The van der Waals surface area contributed by atoms with Crippen molar-refractivity contribution in [3.63, 3.8) is 0 Å². The summed E-state index contributed by atoms with van der Waals surface area (Å²) in [6.07, 6.45) is 12.7. The first-order chi connectivity index (χ1) is 20.0. The molecule has 3 saturated heterocycles. The molecule has 2 amide bonds. The van der Waals surface area contributed by atoms with E-state index >= 15 is 0 Å². The van der Waals surface area contributed by atoms with Crippen molar-refractivity contribution in [2.45, 2.75) is 88.8 Å². The highest BCUT2D eigenvalue weighted by molar-refractivity contribution is 5.75. The van der Waals surface area contributed by atoms with Crippen molar-refractivity contribution in [1.29, 1.82) is 5.26 Å². The summed E-state index contributed by atoms with van der Waals surface area (Å²) >= 11 is 0. The summed E-state index contributed by atoms with van der Waals surface area (Å²) in [5.41, 5.74) is 2.59. The molecule has 2 atom stereocenters. The molecule has 1 N–H and O–H groups in total. The third kappa shape index (κ3) is 5.85. The molecule has 1 saturated carbocycles. The topological polar surface area (TPSA) is 91.6 Å². The predicted octanol–water partition coefficient (Wildman–Crippen LogP) is 5.33. The zero-order valence-corrected chi connectivity index (χ0v) is 24.6. The molecule has 4 heterocycles. The van der Waals surface area contributed by atoms with Gasteiger partial charge in [-0.2, -0.15) is 5.26 Å². The van der Waals surface area contributed by atoms with Gasteiger partial charge >= 0.3 is 6.03 Å². The van der Waals surface area contributed by atoms with E-state index in [1.54, 1.807) is 6.20 Å². The molecule has 0 spiro atoms. The Morgan fingerprint density at radius 3 is 2.37 bits per heavy atom. The van der Waals surface area contributed by atoms with Crippen LogP contribution in [0, 0.1) is 11.3 Å². The fourth-order valence-electron chi connectivity index (χ4n) is 7.59. The number of nitrogens with one attached hydrogen (secondary N) is 1. The zero-order chi connectivity index (χ0) is 28.3. The minimum atomic E-state index is 0.105. The predicted molar refractivity (Wildman–Crippen MR) is 161 cm³/mol. The van der Waals surface area contributed by atoms with Gasteiger partial charge in [0.2, 0.25) is 0 Å². The van der Waals surface area contributed by atoms with Crippen molar-refractivity contribution >= 4 is 23.4 Å². The van der Waals surface area contributed by atoms with E-state index < -0.39 is 0 Å². The molecule has 1 aromatic carbocycles. The van der Waals surface area contributed by atoms with Crippen LogP contribution < -0.4 is 10.2 Å². The maximum absolute atomic E-state index is 12.9. The van der Waals surface area contributed by atoms with Gasteiger partial charge in [0.1, 0.15) is 11.9 Å². The number of aromatic nitrogens is 2. The molecule has 4 aliphatic rings. The van der Waals surface area contributed by atoms with E-state index in [2.05, 4.69) is 57.4 Å². The fraction of sp³-hybridized carbons (Fsp3) is 0.625. The van der Waals surface area contributed by atoms with Crippen LogP contribution in [-0.2, 0) is 0 Å². The van der Waals surface area contributed by atoms with Crippen LogP contribution in [-0.4, -0.2) is 88.6 Å². The Morgan fingerprint density at radius 2 is 1.63 bits per heavy atom. The van der Waals surface area contributed by atoms with Gasteiger partial charge in [-0.25, -0.2) is 14.8 Å². The Kier molecular flexibility index (Phi) is 8.29. The van der Waals surface area contributed by atoms with Crippen LogP contribution in [0.5, 0.6) is 0 Å². The number of hydrogen-bond donors (Lipinski definition) is 1. The third-order valence-corrected chi connectivity index (χ3v) is 9.99. The van der Waals surface area contributed by atoms with Gasteiger partial charge < -0.3 is 24.9 Å². The highest BCUT2D eigenvalue weighted by Crippen LogP contribution is 2.34. The molecular weight excluding hydrogens is 512 g/mol. The standard InChI is InChI=1S/C32H44N8O/c1-23-29(40-18-6-16-37(2)32(40)41)9-5-17-39(23)30-22-34-28(21-33)31(36-30)35-26-12-10-24(11-13-26)25-14-19-38(20-15-25)27-7-3-4-8-27/h10-13,22-23,25,27,29H,3-9,14-20H2,1-2H3,(H,35,36)/t23-,29-/m1/s1. The average Bonchev–Trinajstić information content (AvgIpc) is 3.55. The smallest absolute Gasteiger partial charge is 0.320 e. The van der Waals surface area contributed by atoms with Gasteiger partial charge in [0.25, 0.3) is 0 Å². The van der Waals surface area contributed by atoms with Gasteiger partial charge in [0.05, 0.1) is 12.2 Å². The second-order valence-corrected chi connectivity index (χ2v) is 12.4. The number of urea groups is 1. The number of piperidine rings is 2. The summed E-state index contributed by atoms with van der Waals surface area (Å²) in [4.78, 5) is 31.1. The van der Waals surface area contributed by atoms with Gasteiger partial charge in [-0.15, -0.1) is 0 Å². The van der Waals surface area contributed by atoms with Crippen molar-refractivity contribution in [1.82, 2.24) is 24.7 Å². The van der Waals surface area contributed by atoms with E-state index in [4.69, 9.17) is 4.98 Å². The zero-order valence-electron chi connectivity index (χ0n) is 24.6. The highest BCUT2D eigenvalue weighted by Gasteiger charge is 2.38. The molecule has 0 radical (unpaired) electrons. The van der Waals surface area contributed by atoms with E-state index in [1.807, 2.05) is 16.8 Å². The number of hydrogen-bond acceptors (Lipinski definition) is 7. The molecule has 9 heteroatoms. The second kappa shape index (κ2) is 12.2. The largest absolute Gasteiger partial charge is 0.350 e. The van der Waals surface area contributed by atoms with E-state index in [0.29, 0.717) is 11.7 Å². The van der Waals surface area contributed by atoms with Crippen molar-refractivity contribution < 1.29 is 4.79 Å². The summed E-state index contributed by atoms with van der Waals surface area (Å²) in [7, 11) is 1.89. The number of carbonyl (C=O) groups is 1. The molecule has 0 bridgehead atoms. The van der Waals surface area contributed by atoms with Crippen molar-refractivity contribution in [3.05, 3.63) is 41.7 Å². The number of amides is 2. The lowest BCUT2D eigenvalue weighted by Gasteiger charge is -2.47. The Labute approximate surface area is 244 Å². The molecule has 6 rings (SSSR count). The van der Waals surface area contributed by atoms with E-state index in [1.165, 1.54) is 57.2 Å². The van der Waals surface area contributed by atoms with Crippen LogP contribution in [0.1, 0.15) is 81.9 Å². The van der Waals surface area contributed by atoms with Crippen LogP contribution in [0.15, 0.2) is 30.5 Å². The summed E-state index contributed by atoms with van der Waals surface area (Å²) in [6, 6.07) is 12.0. The molecule has 41 heavy (non-hydrogen) atoms. The normalized spacial score (nSPS) is 25.0. The number of rotatable bonds is 6. The third-order valence-electron chi connectivity index (χ3n) is 9.99. The highest BCUT2D eigenvalue weighted by atomic mass is 16.2. The lowest BCUT2D eigenvalue weighted by Crippen LogP contribution is -2.60. The first-order valence-electron chi connectivity index (χ1n) is 15.7. The van der Waals surface area contributed by atoms with E-state index in [0.717, 1.165) is 56.4 Å². The average molecular weight is 557 g/mol. The first-order valence-corrected chi connectivity index (χ1v) is 15.7. The van der Waals surface area contributed by atoms with Crippen LogP contribution in [0.25, 0.3) is 0 Å². The number of nitriles is 1. The first kappa shape index (κ1) is 27.8. The van der Waals surface area contributed by atoms with Gasteiger partial charge in [0, 0.05) is 44.5 Å². The van der Waals surface area contributed by atoms with Crippen LogP contribution in [0.3, 0.4) is 0 Å². The summed E-state index contributed by atoms with van der Waals surface area (Å²) < 4.78 is 0. The minimum absolute atomic E-state index is 0.105. The van der Waals surface area contributed by atoms with Crippen molar-refractivity contribution in [2.24, 2.45) is 0 Å². The van der Waals surface area contributed by atoms with Gasteiger partial charge in [0.15, 0.2) is 11.5 Å².